The van der Waals surface area contributed by atoms with Crippen LogP contribution in [0.5, 0.6) is 0 Å². The van der Waals surface area contributed by atoms with E-state index in [1.54, 1.807) is 6.92 Å². The van der Waals surface area contributed by atoms with Crippen molar-refractivity contribution in [2.24, 2.45) is 0 Å². The van der Waals surface area contributed by atoms with Crippen LogP contribution in [-0.2, 0) is 4.74 Å². The van der Waals surface area contributed by atoms with Gasteiger partial charge >= 0.3 is 5.97 Å². The van der Waals surface area contributed by atoms with Gasteiger partial charge in [0.15, 0.2) is 11.3 Å². The van der Waals surface area contributed by atoms with Gasteiger partial charge in [0.2, 0.25) is 0 Å². The van der Waals surface area contributed by atoms with E-state index < -0.39 is 5.97 Å². The van der Waals surface area contributed by atoms with Gasteiger partial charge in [0, 0.05) is 11.6 Å². The number of aromatic nitrogens is 3. The van der Waals surface area contributed by atoms with E-state index in [-0.39, 0.29) is 23.4 Å². The molecular formula is C12H13Cl2N3O2. The number of esters is 1. The van der Waals surface area contributed by atoms with Gasteiger partial charge < -0.3 is 4.74 Å². The number of hydrogen-bond acceptors (Lipinski definition) is 4. The minimum Gasteiger partial charge on any atom is -0.461 e. The van der Waals surface area contributed by atoms with E-state index in [0.29, 0.717) is 16.4 Å². The van der Waals surface area contributed by atoms with Crippen LogP contribution in [0.1, 0.15) is 42.7 Å². The lowest BCUT2D eigenvalue weighted by atomic mass is 10.0. The van der Waals surface area contributed by atoms with Gasteiger partial charge in [-0.15, -0.1) is 0 Å². The minimum atomic E-state index is -0.483. The average molecular weight is 302 g/mol. The number of halogens is 2. The molecule has 0 radical (unpaired) electrons. The van der Waals surface area contributed by atoms with E-state index in [1.165, 1.54) is 10.6 Å². The SMILES string of the molecule is CCOC(=O)c1nn2c(Cl)cc(Cl)nc2c1C(C)C. The summed E-state index contributed by atoms with van der Waals surface area (Å²) in [6.07, 6.45) is 0. The van der Waals surface area contributed by atoms with Crippen LogP contribution in [0.3, 0.4) is 0 Å². The van der Waals surface area contributed by atoms with Gasteiger partial charge in [0.25, 0.3) is 0 Å². The highest BCUT2D eigenvalue weighted by atomic mass is 35.5. The summed E-state index contributed by atoms with van der Waals surface area (Å²) in [6.45, 7) is 5.91. The minimum absolute atomic E-state index is 0.0407. The van der Waals surface area contributed by atoms with Crippen LogP contribution < -0.4 is 0 Å². The van der Waals surface area contributed by atoms with Crippen molar-refractivity contribution in [3.63, 3.8) is 0 Å². The maximum absolute atomic E-state index is 11.9. The number of nitrogens with zero attached hydrogens (tertiary/aromatic N) is 3. The molecule has 0 aliphatic rings. The molecule has 2 rings (SSSR count). The van der Waals surface area contributed by atoms with Crippen molar-refractivity contribution in [1.82, 2.24) is 14.6 Å². The Bertz CT molecular complexity index is 637. The Morgan fingerprint density at radius 1 is 1.47 bits per heavy atom. The van der Waals surface area contributed by atoms with Gasteiger partial charge in [-0.05, 0) is 12.8 Å². The Morgan fingerprint density at radius 3 is 2.74 bits per heavy atom. The van der Waals surface area contributed by atoms with Gasteiger partial charge in [0.05, 0.1) is 6.61 Å². The van der Waals surface area contributed by atoms with E-state index in [1.807, 2.05) is 13.8 Å². The predicted molar refractivity (Wildman–Crippen MR) is 73.1 cm³/mol. The first-order valence-electron chi connectivity index (χ1n) is 5.87. The molecule has 0 unspecified atom stereocenters. The van der Waals surface area contributed by atoms with Crippen LogP contribution in [0.2, 0.25) is 10.3 Å². The number of carbonyl (C=O) groups is 1. The third-order valence-electron chi connectivity index (χ3n) is 2.60. The average Bonchev–Trinajstić information content (AvgIpc) is 2.68. The van der Waals surface area contributed by atoms with Crippen molar-refractivity contribution >= 4 is 34.8 Å². The fourth-order valence-electron chi connectivity index (χ4n) is 1.85. The molecule has 0 saturated carbocycles. The maximum atomic E-state index is 11.9. The largest absolute Gasteiger partial charge is 0.461 e. The van der Waals surface area contributed by atoms with E-state index in [0.717, 1.165) is 0 Å². The molecule has 19 heavy (non-hydrogen) atoms. The first-order valence-corrected chi connectivity index (χ1v) is 6.63. The second-order valence-corrected chi connectivity index (χ2v) is 5.05. The summed E-state index contributed by atoms with van der Waals surface area (Å²) < 4.78 is 6.40. The van der Waals surface area contributed by atoms with Crippen molar-refractivity contribution in [2.45, 2.75) is 26.7 Å². The molecule has 0 N–H and O–H groups in total. The smallest absolute Gasteiger partial charge is 0.359 e. The Balaban J connectivity index is 2.74. The number of fused-ring (bicyclic) bond motifs is 1. The summed E-state index contributed by atoms with van der Waals surface area (Å²) in [7, 11) is 0. The zero-order valence-corrected chi connectivity index (χ0v) is 12.3. The van der Waals surface area contributed by atoms with Crippen LogP contribution in [0.15, 0.2) is 6.07 Å². The molecule has 0 spiro atoms. The van der Waals surface area contributed by atoms with Crippen molar-refractivity contribution in [2.75, 3.05) is 6.61 Å². The molecule has 0 bridgehead atoms. The number of ether oxygens (including phenoxy) is 1. The molecular weight excluding hydrogens is 289 g/mol. The molecule has 0 fully saturated rings. The van der Waals surface area contributed by atoms with E-state index in [9.17, 15) is 4.79 Å². The molecule has 2 aromatic rings. The predicted octanol–water partition coefficient (Wildman–Crippen LogP) is 3.34. The summed E-state index contributed by atoms with van der Waals surface area (Å²) in [5.41, 5.74) is 1.40. The zero-order chi connectivity index (χ0) is 14.2. The summed E-state index contributed by atoms with van der Waals surface area (Å²) in [5.74, 6) is -0.442. The van der Waals surface area contributed by atoms with Gasteiger partial charge in [-0.1, -0.05) is 37.0 Å². The first-order chi connectivity index (χ1) is 8.95. The molecule has 5 nitrogen and oxygen atoms in total. The molecule has 0 aliphatic heterocycles. The van der Waals surface area contributed by atoms with E-state index in [2.05, 4.69) is 10.1 Å². The van der Waals surface area contributed by atoms with E-state index in [4.69, 9.17) is 27.9 Å². The lowest BCUT2D eigenvalue weighted by Gasteiger charge is -2.05. The van der Waals surface area contributed by atoms with Crippen LogP contribution >= 0.6 is 23.2 Å². The van der Waals surface area contributed by atoms with Gasteiger partial charge in [-0.25, -0.2) is 14.3 Å². The van der Waals surface area contributed by atoms with Crippen molar-refractivity contribution < 1.29 is 9.53 Å². The van der Waals surface area contributed by atoms with Crippen molar-refractivity contribution in [3.05, 3.63) is 27.6 Å². The fourth-order valence-corrected chi connectivity index (χ4v) is 2.31. The summed E-state index contributed by atoms with van der Waals surface area (Å²) in [4.78, 5) is 16.1. The highest BCUT2D eigenvalue weighted by Gasteiger charge is 2.24. The third-order valence-corrected chi connectivity index (χ3v) is 3.06. The first kappa shape index (κ1) is 14.1. The second kappa shape index (κ2) is 5.35. The Morgan fingerprint density at radius 2 is 2.16 bits per heavy atom. The quantitative estimate of drug-likeness (QED) is 0.644. The normalized spacial score (nSPS) is 11.3. The molecule has 0 amide bonds. The molecule has 7 heteroatoms. The maximum Gasteiger partial charge on any atom is 0.359 e. The standard InChI is InChI=1S/C12H13Cl2N3O2/c1-4-19-12(18)10-9(6(2)3)11-15-7(13)5-8(14)17(11)16-10/h5-6H,4H2,1-3H3. The lowest BCUT2D eigenvalue weighted by Crippen LogP contribution is -2.08. The van der Waals surface area contributed by atoms with E-state index >= 15 is 0 Å². The third kappa shape index (κ3) is 2.53. The molecule has 0 saturated heterocycles. The highest BCUT2D eigenvalue weighted by Crippen LogP contribution is 2.27. The van der Waals surface area contributed by atoms with Crippen molar-refractivity contribution in [1.29, 1.82) is 0 Å². The second-order valence-electron chi connectivity index (χ2n) is 4.27. The van der Waals surface area contributed by atoms with Crippen LogP contribution in [0.4, 0.5) is 0 Å². The molecule has 0 atom stereocenters. The fraction of sp³-hybridized carbons (Fsp3) is 0.417. The van der Waals surface area contributed by atoms with Crippen LogP contribution in [0.25, 0.3) is 5.65 Å². The number of rotatable bonds is 3. The lowest BCUT2D eigenvalue weighted by molar-refractivity contribution is 0.0517. The summed E-state index contributed by atoms with van der Waals surface area (Å²) in [5, 5.41) is 4.74. The van der Waals surface area contributed by atoms with Gasteiger partial charge in [-0.2, -0.15) is 5.10 Å². The summed E-state index contributed by atoms with van der Waals surface area (Å²) >= 11 is 12.0. The summed E-state index contributed by atoms with van der Waals surface area (Å²) in [6, 6.07) is 1.47. The molecule has 2 aromatic heterocycles. The molecule has 0 aromatic carbocycles. The van der Waals surface area contributed by atoms with Gasteiger partial charge in [0.1, 0.15) is 10.3 Å². The molecule has 102 valence electrons. The Labute approximate surface area is 120 Å². The van der Waals surface area contributed by atoms with Gasteiger partial charge in [-0.3, -0.25) is 0 Å². The highest BCUT2D eigenvalue weighted by molar-refractivity contribution is 6.33. The Hall–Kier alpha value is -1.33. The van der Waals surface area contributed by atoms with Crippen LogP contribution in [-0.4, -0.2) is 27.2 Å². The number of hydrogen-bond donors (Lipinski definition) is 0. The molecule has 2 heterocycles. The Kier molecular flexibility index (Phi) is 3.96. The topological polar surface area (TPSA) is 56.5 Å². The zero-order valence-electron chi connectivity index (χ0n) is 10.8. The monoisotopic (exact) mass is 301 g/mol. The number of carbonyl (C=O) groups excluding carboxylic acids is 1. The molecule has 0 aliphatic carbocycles. The van der Waals surface area contributed by atoms with Crippen molar-refractivity contribution in [3.8, 4) is 0 Å². The van der Waals surface area contributed by atoms with Crippen LogP contribution in [0, 0.1) is 0 Å².